The Balaban J connectivity index is 2.40. The minimum absolute atomic E-state index is 0.178. The molecule has 0 N–H and O–H groups in total. The second kappa shape index (κ2) is 2.73. The smallest absolute Gasteiger partial charge is 0.434 e. The van der Waals surface area contributed by atoms with Crippen LogP contribution in [-0.2, 0) is 9.47 Å². The molecule has 0 unspecified atom stereocenters. The Hall–Kier alpha value is -0.990. The fourth-order valence-electron chi connectivity index (χ4n) is 0.712. The summed E-state index contributed by atoms with van der Waals surface area (Å²) >= 11 is 0. The third kappa shape index (κ3) is 1.50. The molecule has 3 heteroatoms. The summed E-state index contributed by atoms with van der Waals surface area (Å²) in [5, 5.41) is 0. The summed E-state index contributed by atoms with van der Waals surface area (Å²) in [5.41, 5.74) is 0.993. The van der Waals surface area contributed by atoms with Gasteiger partial charge in [-0.3, -0.25) is 0 Å². The zero-order chi connectivity index (χ0) is 7.56. The van der Waals surface area contributed by atoms with Gasteiger partial charge in [0, 0.05) is 5.92 Å². The topological polar surface area (TPSA) is 35.5 Å². The average molecular weight is 142 g/mol. The van der Waals surface area contributed by atoms with E-state index in [-0.39, 0.29) is 5.92 Å². The summed E-state index contributed by atoms with van der Waals surface area (Å²) in [6.45, 7) is 6.45. The first-order chi connectivity index (χ1) is 4.70. The van der Waals surface area contributed by atoms with Crippen molar-refractivity contribution in [3.63, 3.8) is 0 Å². The third-order valence-electron chi connectivity index (χ3n) is 1.50. The molecule has 0 aromatic rings. The van der Waals surface area contributed by atoms with Crippen molar-refractivity contribution in [1.82, 2.24) is 0 Å². The first-order valence-electron chi connectivity index (χ1n) is 3.15. The highest BCUT2D eigenvalue weighted by atomic mass is 16.7. The van der Waals surface area contributed by atoms with Gasteiger partial charge in [-0.05, 0) is 6.92 Å². The Labute approximate surface area is 59.6 Å². The molecule has 0 radical (unpaired) electrons. The van der Waals surface area contributed by atoms with Crippen LogP contribution >= 0.6 is 0 Å². The van der Waals surface area contributed by atoms with E-state index in [0.717, 1.165) is 5.57 Å². The Kier molecular flexibility index (Phi) is 1.94. The van der Waals surface area contributed by atoms with Crippen LogP contribution in [0.1, 0.15) is 6.92 Å². The summed E-state index contributed by atoms with van der Waals surface area (Å²) in [5.74, 6) is 0.178. The summed E-state index contributed by atoms with van der Waals surface area (Å²) in [6, 6.07) is 0. The van der Waals surface area contributed by atoms with Crippen LogP contribution in [0.2, 0.25) is 0 Å². The van der Waals surface area contributed by atoms with Gasteiger partial charge in [-0.2, -0.15) is 0 Å². The molecule has 0 saturated carbocycles. The molecule has 1 fully saturated rings. The highest BCUT2D eigenvalue weighted by Crippen LogP contribution is 2.13. The summed E-state index contributed by atoms with van der Waals surface area (Å²) in [7, 11) is 0. The standard InChI is InChI=1S/C7H10O3/c1-5(2)6-3-9-7(8)10-4-6/h6H,1,3-4H2,2H3. The van der Waals surface area contributed by atoms with Crippen molar-refractivity contribution in [2.75, 3.05) is 13.2 Å². The van der Waals surface area contributed by atoms with E-state index in [4.69, 9.17) is 0 Å². The normalized spacial score (nSPS) is 19.5. The zero-order valence-electron chi connectivity index (χ0n) is 5.92. The van der Waals surface area contributed by atoms with Gasteiger partial charge in [-0.15, -0.1) is 0 Å². The van der Waals surface area contributed by atoms with Crippen LogP contribution < -0.4 is 0 Å². The molecule has 0 spiro atoms. The Morgan fingerprint density at radius 1 is 1.60 bits per heavy atom. The minimum atomic E-state index is -0.572. The third-order valence-corrected chi connectivity index (χ3v) is 1.50. The van der Waals surface area contributed by atoms with Crippen LogP contribution in [0.5, 0.6) is 0 Å². The van der Waals surface area contributed by atoms with Crippen LogP contribution in [0.4, 0.5) is 4.79 Å². The lowest BCUT2D eigenvalue weighted by atomic mass is 10.0. The first kappa shape index (κ1) is 7.12. The monoisotopic (exact) mass is 142 g/mol. The van der Waals surface area contributed by atoms with Crippen molar-refractivity contribution in [2.24, 2.45) is 5.92 Å². The van der Waals surface area contributed by atoms with Crippen LogP contribution in [0, 0.1) is 5.92 Å². The SMILES string of the molecule is C=C(C)C1COC(=O)OC1. The van der Waals surface area contributed by atoms with E-state index in [1.165, 1.54) is 0 Å². The number of carbonyl (C=O) groups is 1. The molecule has 1 aliphatic heterocycles. The fraction of sp³-hybridized carbons (Fsp3) is 0.571. The van der Waals surface area contributed by atoms with Gasteiger partial charge in [0.15, 0.2) is 0 Å². The molecular weight excluding hydrogens is 132 g/mol. The molecule has 56 valence electrons. The van der Waals surface area contributed by atoms with Gasteiger partial charge in [0.1, 0.15) is 13.2 Å². The number of carbonyl (C=O) groups excluding carboxylic acids is 1. The maximum absolute atomic E-state index is 10.4. The van der Waals surface area contributed by atoms with Gasteiger partial charge in [0.25, 0.3) is 0 Å². The molecule has 0 amide bonds. The predicted molar refractivity (Wildman–Crippen MR) is 35.6 cm³/mol. The molecule has 1 aliphatic rings. The van der Waals surface area contributed by atoms with E-state index in [2.05, 4.69) is 16.1 Å². The largest absolute Gasteiger partial charge is 0.508 e. The number of hydrogen-bond donors (Lipinski definition) is 0. The van der Waals surface area contributed by atoms with Gasteiger partial charge in [-0.25, -0.2) is 4.79 Å². The lowest BCUT2D eigenvalue weighted by Gasteiger charge is -2.21. The van der Waals surface area contributed by atoms with Gasteiger partial charge in [0.05, 0.1) is 0 Å². The Bertz CT molecular complexity index is 152. The van der Waals surface area contributed by atoms with Crippen molar-refractivity contribution in [3.8, 4) is 0 Å². The molecular formula is C7H10O3. The van der Waals surface area contributed by atoms with Gasteiger partial charge >= 0.3 is 6.16 Å². The molecule has 0 aliphatic carbocycles. The van der Waals surface area contributed by atoms with Crippen LogP contribution in [-0.4, -0.2) is 19.4 Å². The highest BCUT2D eigenvalue weighted by molar-refractivity contribution is 5.60. The average Bonchev–Trinajstić information content (AvgIpc) is 1.88. The maximum atomic E-state index is 10.4. The van der Waals surface area contributed by atoms with E-state index in [1.807, 2.05) is 6.92 Å². The van der Waals surface area contributed by atoms with Gasteiger partial charge < -0.3 is 9.47 Å². The van der Waals surface area contributed by atoms with E-state index in [0.29, 0.717) is 13.2 Å². The number of ether oxygens (including phenoxy) is 2. The van der Waals surface area contributed by atoms with Crippen molar-refractivity contribution in [3.05, 3.63) is 12.2 Å². The molecule has 3 nitrogen and oxygen atoms in total. The highest BCUT2D eigenvalue weighted by Gasteiger charge is 2.20. The fourth-order valence-corrected chi connectivity index (χ4v) is 0.712. The van der Waals surface area contributed by atoms with Crippen molar-refractivity contribution >= 4 is 6.16 Å². The predicted octanol–water partition coefficient (Wildman–Crippen LogP) is 1.35. The van der Waals surface area contributed by atoms with Crippen molar-refractivity contribution < 1.29 is 14.3 Å². The molecule has 0 bridgehead atoms. The van der Waals surface area contributed by atoms with E-state index < -0.39 is 6.16 Å². The van der Waals surface area contributed by atoms with E-state index in [9.17, 15) is 4.79 Å². The van der Waals surface area contributed by atoms with Crippen LogP contribution in [0.3, 0.4) is 0 Å². The molecule has 1 saturated heterocycles. The quantitative estimate of drug-likeness (QED) is 0.409. The van der Waals surface area contributed by atoms with Crippen LogP contribution in [0.15, 0.2) is 12.2 Å². The maximum Gasteiger partial charge on any atom is 0.508 e. The second-order valence-corrected chi connectivity index (χ2v) is 2.42. The number of hydrogen-bond acceptors (Lipinski definition) is 3. The lowest BCUT2D eigenvalue weighted by Crippen LogP contribution is -2.27. The molecule has 0 atom stereocenters. The lowest BCUT2D eigenvalue weighted by molar-refractivity contribution is -0.00257. The van der Waals surface area contributed by atoms with Crippen molar-refractivity contribution in [2.45, 2.75) is 6.92 Å². The zero-order valence-corrected chi connectivity index (χ0v) is 5.92. The summed E-state index contributed by atoms with van der Waals surface area (Å²) < 4.78 is 9.26. The molecule has 0 aromatic heterocycles. The van der Waals surface area contributed by atoms with Gasteiger partial charge in [0.2, 0.25) is 0 Å². The molecule has 1 heterocycles. The number of rotatable bonds is 1. The Morgan fingerprint density at radius 3 is 2.50 bits per heavy atom. The Morgan fingerprint density at radius 2 is 2.10 bits per heavy atom. The molecule has 1 rings (SSSR count). The van der Waals surface area contributed by atoms with Crippen LogP contribution in [0.25, 0.3) is 0 Å². The molecule has 0 aromatic carbocycles. The minimum Gasteiger partial charge on any atom is -0.434 e. The van der Waals surface area contributed by atoms with Crippen molar-refractivity contribution in [1.29, 1.82) is 0 Å². The van der Waals surface area contributed by atoms with E-state index in [1.54, 1.807) is 0 Å². The van der Waals surface area contributed by atoms with Gasteiger partial charge in [-0.1, -0.05) is 12.2 Å². The second-order valence-electron chi connectivity index (χ2n) is 2.42. The summed E-state index contributed by atoms with van der Waals surface area (Å²) in [4.78, 5) is 10.4. The molecule has 10 heavy (non-hydrogen) atoms. The number of cyclic esters (lactones) is 2. The summed E-state index contributed by atoms with van der Waals surface area (Å²) in [6.07, 6.45) is -0.572. The first-order valence-corrected chi connectivity index (χ1v) is 3.15. The van der Waals surface area contributed by atoms with E-state index >= 15 is 0 Å².